The Labute approximate surface area is 203 Å². The van der Waals surface area contributed by atoms with Gasteiger partial charge in [-0.2, -0.15) is 0 Å². The number of para-hydroxylation sites is 1. The summed E-state index contributed by atoms with van der Waals surface area (Å²) in [6.45, 7) is 2.77. The van der Waals surface area contributed by atoms with E-state index in [-0.39, 0.29) is 25.2 Å². The number of nitrogens with zero attached hydrogens (tertiary/aromatic N) is 1. The third-order valence-electron chi connectivity index (χ3n) is 5.98. The average Bonchev–Trinajstić information content (AvgIpc) is 2.82. The van der Waals surface area contributed by atoms with Crippen molar-refractivity contribution in [3.05, 3.63) is 60.2 Å². The van der Waals surface area contributed by atoms with Gasteiger partial charge >= 0.3 is 11.9 Å². The maximum absolute atomic E-state index is 13.3. The van der Waals surface area contributed by atoms with E-state index < -0.39 is 35.7 Å². The van der Waals surface area contributed by atoms with Crippen molar-refractivity contribution in [2.45, 2.75) is 45.2 Å². The third-order valence-corrected chi connectivity index (χ3v) is 5.98. The Hall–Kier alpha value is -3.88. The molecular formula is C26H30N2O7. The Balaban J connectivity index is 1.65. The molecule has 3 N–H and O–H groups in total. The number of rotatable bonds is 12. The molecule has 2 aromatic carbocycles. The van der Waals surface area contributed by atoms with Crippen LogP contribution in [0.2, 0.25) is 0 Å². The van der Waals surface area contributed by atoms with Crippen molar-refractivity contribution in [2.75, 3.05) is 6.54 Å². The van der Waals surface area contributed by atoms with E-state index in [1.54, 1.807) is 4.90 Å². The molecule has 1 saturated carbocycles. The van der Waals surface area contributed by atoms with Gasteiger partial charge in [-0.15, -0.1) is 0 Å². The van der Waals surface area contributed by atoms with Crippen LogP contribution in [0.1, 0.15) is 38.2 Å². The fourth-order valence-electron chi connectivity index (χ4n) is 4.12. The molecule has 9 heteroatoms. The van der Waals surface area contributed by atoms with Crippen LogP contribution in [-0.4, -0.2) is 51.5 Å². The summed E-state index contributed by atoms with van der Waals surface area (Å²) in [7, 11) is 0. The number of aliphatic carboxylic acids is 2. The zero-order valence-corrected chi connectivity index (χ0v) is 19.6. The molecule has 1 fully saturated rings. The van der Waals surface area contributed by atoms with E-state index in [1.165, 1.54) is 0 Å². The van der Waals surface area contributed by atoms with Crippen molar-refractivity contribution in [1.82, 2.24) is 10.2 Å². The molecule has 35 heavy (non-hydrogen) atoms. The van der Waals surface area contributed by atoms with Crippen molar-refractivity contribution in [3.8, 4) is 11.5 Å². The van der Waals surface area contributed by atoms with Crippen LogP contribution in [-0.2, 0) is 25.7 Å². The molecule has 0 aliphatic heterocycles. The minimum atomic E-state index is -1.12. The van der Waals surface area contributed by atoms with Crippen molar-refractivity contribution >= 4 is 23.8 Å². The van der Waals surface area contributed by atoms with Crippen LogP contribution < -0.4 is 10.1 Å². The number of carbonyl (C=O) groups excluding carboxylic acids is 2. The average molecular weight is 483 g/mol. The maximum atomic E-state index is 13.3. The molecule has 1 aliphatic carbocycles. The van der Waals surface area contributed by atoms with Crippen molar-refractivity contribution < 1.29 is 34.1 Å². The lowest BCUT2D eigenvalue weighted by molar-refractivity contribution is -0.156. The highest BCUT2D eigenvalue weighted by Gasteiger charge is 2.50. The molecular weight excluding hydrogens is 452 g/mol. The highest BCUT2D eigenvalue weighted by molar-refractivity contribution is 5.87. The normalized spacial score (nSPS) is 18.7. The van der Waals surface area contributed by atoms with E-state index >= 15 is 0 Å². The molecule has 186 valence electrons. The first-order chi connectivity index (χ1) is 16.8. The summed E-state index contributed by atoms with van der Waals surface area (Å²) in [5.41, 5.74) is 0.892. The largest absolute Gasteiger partial charge is 0.481 e. The Bertz CT molecular complexity index is 1040. The summed E-state index contributed by atoms with van der Waals surface area (Å²) in [6, 6.07) is 15.9. The zero-order chi connectivity index (χ0) is 25.4. The predicted octanol–water partition coefficient (Wildman–Crippen LogP) is 3.29. The second-order valence-electron chi connectivity index (χ2n) is 8.59. The second-order valence-corrected chi connectivity index (χ2v) is 8.59. The van der Waals surface area contributed by atoms with Crippen LogP contribution in [0, 0.1) is 11.8 Å². The SMILES string of the molecule is CCCN(Cc1ccc(Oc2ccccc2)cc1)C(=O)C1CC(C(=O)O)C1NC(=O)CCC(=O)O. The number of nitrogens with one attached hydrogen (secondary N) is 1. The summed E-state index contributed by atoms with van der Waals surface area (Å²) in [5, 5.41) is 20.8. The topological polar surface area (TPSA) is 133 Å². The molecule has 3 rings (SSSR count). The molecule has 9 nitrogen and oxygen atoms in total. The first kappa shape index (κ1) is 25.7. The molecule has 3 unspecified atom stereocenters. The van der Waals surface area contributed by atoms with E-state index in [2.05, 4.69) is 5.32 Å². The van der Waals surface area contributed by atoms with E-state index in [9.17, 15) is 24.3 Å². The number of ether oxygens (including phenoxy) is 1. The van der Waals surface area contributed by atoms with Crippen LogP contribution in [0.5, 0.6) is 11.5 Å². The first-order valence-electron chi connectivity index (χ1n) is 11.6. The molecule has 0 radical (unpaired) electrons. The van der Waals surface area contributed by atoms with Gasteiger partial charge in [0.15, 0.2) is 0 Å². The van der Waals surface area contributed by atoms with Crippen LogP contribution in [0.25, 0.3) is 0 Å². The molecule has 0 saturated heterocycles. The minimum Gasteiger partial charge on any atom is -0.481 e. The standard InChI is InChI=1S/C26H30N2O7/c1-2-14-28(16-17-8-10-19(11-9-17)35-18-6-4-3-5-7-18)25(32)20-15-21(26(33)34)24(20)27-22(29)12-13-23(30)31/h3-11,20-21,24H,2,12-16H2,1H3,(H,27,29)(H,30,31)(H,33,34). The molecule has 1 aliphatic rings. The highest BCUT2D eigenvalue weighted by Crippen LogP contribution is 2.36. The van der Waals surface area contributed by atoms with Crippen LogP contribution in [0.15, 0.2) is 54.6 Å². The molecule has 3 atom stereocenters. The summed E-state index contributed by atoms with van der Waals surface area (Å²) >= 11 is 0. The summed E-state index contributed by atoms with van der Waals surface area (Å²) in [5.74, 6) is -3.17. The van der Waals surface area contributed by atoms with Gasteiger partial charge in [-0.1, -0.05) is 37.3 Å². The van der Waals surface area contributed by atoms with Crippen molar-refractivity contribution in [3.63, 3.8) is 0 Å². The second kappa shape index (κ2) is 12.0. The number of amides is 2. The van der Waals surface area contributed by atoms with Crippen LogP contribution >= 0.6 is 0 Å². The molecule has 0 bridgehead atoms. The lowest BCUT2D eigenvalue weighted by Gasteiger charge is -2.43. The lowest BCUT2D eigenvalue weighted by Crippen LogP contribution is -2.61. The van der Waals surface area contributed by atoms with Crippen molar-refractivity contribution in [2.24, 2.45) is 11.8 Å². The Kier molecular flexibility index (Phi) is 8.83. The summed E-state index contributed by atoms with van der Waals surface area (Å²) < 4.78 is 5.80. The van der Waals surface area contributed by atoms with E-state index in [0.717, 1.165) is 11.3 Å². The fourth-order valence-corrected chi connectivity index (χ4v) is 4.12. The smallest absolute Gasteiger partial charge is 0.308 e. The van der Waals surface area contributed by atoms with Gasteiger partial charge in [0.25, 0.3) is 0 Å². The van der Waals surface area contributed by atoms with Gasteiger partial charge in [0.2, 0.25) is 11.8 Å². The number of carbonyl (C=O) groups is 4. The highest BCUT2D eigenvalue weighted by atomic mass is 16.5. The number of hydrogen-bond donors (Lipinski definition) is 3. The van der Waals surface area contributed by atoms with Gasteiger partial charge in [-0.3, -0.25) is 19.2 Å². The Morgan fingerprint density at radius 3 is 2.20 bits per heavy atom. The Morgan fingerprint density at radius 2 is 1.60 bits per heavy atom. The number of carboxylic acids is 2. The molecule has 2 aromatic rings. The van der Waals surface area contributed by atoms with E-state index in [4.69, 9.17) is 9.84 Å². The summed E-state index contributed by atoms with van der Waals surface area (Å²) in [6.07, 6.45) is 0.212. The molecule has 0 spiro atoms. The molecule has 0 aromatic heterocycles. The molecule has 0 heterocycles. The van der Waals surface area contributed by atoms with Gasteiger partial charge in [0, 0.05) is 19.5 Å². The van der Waals surface area contributed by atoms with Crippen LogP contribution in [0.3, 0.4) is 0 Å². The van der Waals surface area contributed by atoms with Gasteiger partial charge in [-0.05, 0) is 42.7 Å². The Morgan fingerprint density at radius 1 is 0.943 bits per heavy atom. The van der Waals surface area contributed by atoms with Gasteiger partial charge in [0.1, 0.15) is 11.5 Å². The minimum absolute atomic E-state index is 0.127. The first-order valence-corrected chi connectivity index (χ1v) is 11.6. The molecule has 2 amide bonds. The van der Waals surface area contributed by atoms with Crippen LogP contribution in [0.4, 0.5) is 0 Å². The predicted molar refractivity (Wildman–Crippen MR) is 127 cm³/mol. The number of carboxylic acid groups (broad SMARTS) is 2. The van der Waals surface area contributed by atoms with Gasteiger partial charge in [0.05, 0.1) is 24.3 Å². The summed E-state index contributed by atoms with van der Waals surface area (Å²) in [4.78, 5) is 49.4. The van der Waals surface area contributed by atoms with E-state index in [1.807, 2.05) is 61.5 Å². The fraction of sp³-hybridized carbons (Fsp3) is 0.385. The lowest BCUT2D eigenvalue weighted by atomic mass is 9.68. The number of hydrogen-bond acceptors (Lipinski definition) is 5. The maximum Gasteiger partial charge on any atom is 0.308 e. The van der Waals surface area contributed by atoms with E-state index in [0.29, 0.717) is 25.3 Å². The number of benzene rings is 2. The van der Waals surface area contributed by atoms with Gasteiger partial charge < -0.3 is 25.2 Å². The zero-order valence-electron chi connectivity index (χ0n) is 19.6. The van der Waals surface area contributed by atoms with Crippen molar-refractivity contribution in [1.29, 1.82) is 0 Å². The third kappa shape index (κ3) is 7.05. The quantitative estimate of drug-likeness (QED) is 0.423. The monoisotopic (exact) mass is 482 g/mol. The van der Waals surface area contributed by atoms with Gasteiger partial charge in [-0.25, -0.2) is 0 Å².